The van der Waals surface area contributed by atoms with E-state index in [-0.39, 0.29) is 5.54 Å². The quantitative estimate of drug-likeness (QED) is 0.613. The van der Waals surface area contributed by atoms with Crippen LogP contribution < -0.4 is 4.74 Å². The average molecular weight is 267 g/mol. The summed E-state index contributed by atoms with van der Waals surface area (Å²) in [4.78, 5) is 0. The molecular weight excluding hydrogens is 246 g/mol. The molecule has 20 heavy (non-hydrogen) atoms. The SMILES string of the molecule is COc1ccc2c3ccc(C)cc3n(C(C)(C)C)c2c1. The van der Waals surface area contributed by atoms with Crippen molar-refractivity contribution in [1.29, 1.82) is 0 Å². The van der Waals surface area contributed by atoms with Crippen LogP contribution in [0.3, 0.4) is 0 Å². The summed E-state index contributed by atoms with van der Waals surface area (Å²) in [5.41, 5.74) is 3.84. The first-order valence-electron chi connectivity index (χ1n) is 7.01. The molecule has 0 aliphatic rings. The van der Waals surface area contributed by atoms with Crippen LogP contribution in [-0.2, 0) is 5.54 Å². The molecule has 2 heteroatoms. The zero-order valence-corrected chi connectivity index (χ0v) is 12.8. The number of nitrogens with zero attached hydrogens (tertiary/aromatic N) is 1. The summed E-state index contributed by atoms with van der Waals surface area (Å²) in [6.45, 7) is 8.87. The third-order valence-corrected chi connectivity index (χ3v) is 3.80. The standard InChI is InChI=1S/C18H21NO/c1-12-6-8-14-15-9-7-13(20-5)11-17(15)19(16(14)10-12)18(2,3)4/h6-11H,1-5H3. The van der Waals surface area contributed by atoms with Gasteiger partial charge in [-0.15, -0.1) is 0 Å². The number of rotatable bonds is 1. The third kappa shape index (κ3) is 1.87. The fourth-order valence-corrected chi connectivity index (χ4v) is 2.96. The predicted octanol–water partition coefficient (Wildman–Crippen LogP) is 4.87. The Morgan fingerprint density at radius 3 is 2.10 bits per heavy atom. The first-order chi connectivity index (χ1) is 9.41. The maximum absolute atomic E-state index is 5.40. The Bertz CT molecular complexity index is 790. The summed E-state index contributed by atoms with van der Waals surface area (Å²) in [6.07, 6.45) is 0. The molecule has 0 fully saturated rings. The van der Waals surface area contributed by atoms with Gasteiger partial charge in [0.1, 0.15) is 5.75 Å². The van der Waals surface area contributed by atoms with Crippen LogP contribution in [0.5, 0.6) is 5.75 Å². The van der Waals surface area contributed by atoms with Crippen LogP contribution in [0.4, 0.5) is 0 Å². The Balaban J connectivity index is 2.53. The Morgan fingerprint density at radius 2 is 1.50 bits per heavy atom. The lowest BCUT2D eigenvalue weighted by Crippen LogP contribution is -2.21. The molecule has 1 aromatic heterocycles. The lowest BCUT2D eigenvalue weighted by Gasteiger charge is -2.24. The number of benzene rings is 2. The van der Waals surface area contributed by atoms with Gasteiger partial charge < -0.3 is 9.30 Å². The minimum atomic E-state index is 0.0279. The van der Waals surface area contributed by atoms with E-state index in [1.54, 1.807) is 7.11 Å². The van der Waals surface area contributed by atoms with E-state index >= 15 is 0 Å². The maximum atomic E-state index is 5.40. The van der Waals surface area contributed by atoms with Crippen LogP contribution in [-0.4, -0.2) is 11.7 Å². The minimum Gasteiger partial charge on any atom is -0.497 e. The Morgan fingerprint density at radius 1 is 0.900 bits per heavy atom. The van der Waals surface area contributed by atoms with E-state index in [9.17, 15) is 0 Å². The van der Waals surface area contributed by atoms with Gasteiger partial charge in [-0.25, -0.2) is 0 Å². The molecule has 0 aliphatic carbocycles. The van der Waals surface area contributed by atoms with Crippen molar-refractivity contribution in [2.24, 2.45) is 0 Å². The Labute approximate surface area is 120 Å². The molecule has 0 N–H and O–H groups in total. The maximum Gasteiger partial charge on any atom is 0.120 e. The number of fused-ring (bicyclic) bond motifs is 3. The van der Waals surface area contributed by atoms with E-state index in [1.807, 2.05) is 6.07 Å². The molecule has 2 nitrogen and oxygen atoms in total. The largest absolute Gasteiger partial charge is 0.497 e. The van der Waals surface area contributed by atoms with Gasteiger partial charge in [-0.2, -0.15) is 0 Å². The molecule has 3 rings (SSSR count). The summed E-state index contributed by atoms with van der Waals surface area (Å²) < 4.78 is 7.81. The monoisotopic (exact) mass is 267 g/mol. The van der Waals surface area contributed by atoms with Crippen molar-refractivity contribution < 1.29 is 4.74 Å². The highest BCUT2D eigenvalue weighted by Crippen LogP contribution is 2.36. The number of aryl methyl sites for hydroxylation is 1. The molecule has 0 bridgehead atoms. The Kier molecular flexibility index (Phi) is 2.79. The molecular formula is C18H21NO. The summed E-state index contributed by atoms with van der Waals surface area (Å²) in [7, 11) is 1.72. The number of aromatic nitrogens is 1. The fraction of sp³-hybridized carbons (Fsp3) is 0.333. The molecule has 1 heterocycles. The second kappa shape index (κ2) is 4.27. The van der Waals surface area contributed by atoms with Crippen LogP contribution >= 0.6 is 0 Å². The third-order valence-electron chi connectivity index (χ3n) is 3.80. The highest BCUT2D eigenvalue weighted by molar-refractivity contribution is 6.08. The fourth-order valence-electron chi connectivity index (χ4n) is 2.96. The number of methoxy groups -OCH3 is 1. The van der Waals surface area contributed by atoms with Crippen molar-refractivity contribution in [2.45, 2.75) is 33.2 Å². The highest BCUT2D eigenvalue weighted by atomic mass is 16.5. The van der Waals surface area contributed by atoms with Crippen molar-refractivity contribution in [2.75, 3.05) is 7.11 Å². The molecule has 0 radical (unpaired) electrons. The first kappa shape index (κ1) is 13.0. The Hall–Kier alpha value is -1.96. The van der Waals surface area contributed by atoms with Crippen molar-refractivity contribution in [3.8, 4) is 5.75 Å². The van der Waals surface area contributed by atoms with Crippen LogP contribution in [0.2, 0.25) is 0 Å². The lowest BCUT2D eigenvalue weighted by atomic mass is 10.1. The van der Waals surface area contributed by atoms with Gasteiger partial charge in [0.05, 0.1) is 12.6 Å². The molecule has 0 saturated carbocycles. The number of hydrogen-bond acceptors (Lipinski definition) is 1. The minimum absolute atomic E-state index is 0.0279. The predicted molar refractivity (Wildman–Crippen MR) is 85.7 cm³/mol. The van der Waals surface area contributed by atoms with Crippen molar-refractivity contribution in [1.82, 2.24) is 4.57 Å². The van der Waals surface area contributed by atoms with Crippen molar-refractivity contribution >= 4 is 21.8 Å². The average Bonchev–Trinajstić information content (AvgIpc) is 2.70. The topological polar surface area (TPSA) is 14.2 Å². The highest BCUT2D eigenvalue weighted by Gasteiger charge is 2.20. The molecule has 0 unspecified atom stereocenters. The smallest absolute Gasteiger partial charge is 0.120 e. The van der Waals surface area contributed by atoms with Gasteiger partial charge in [0.2, 0.25) is 0 Å². The normalized spacial score (nSPS) is 12.2. The summed E-state index contributed by atoms with van der Waals surface area (Å²) in [6, 6.07) is 13.0. The van der Waals surface area contributed by atoms with E-state index in [1.165, 1.54) is 27.4 Å². The van der Waals surface area contributed by atoms with Gasteiger partial charge in [0.25, 0.3) is 0 Å². The molecule has 0 amide bonds. The number of ether oxygens (including phenoxy) is 1. The van der Waals surface area contributed by atoms with Crippen molar-refractivity contribution in [3.63, 3.8) is 0 Å². The molecule has 104 valence electrons. The van der Waals surface area contributed by atoms with E-state index < -0.39 is 0 Å². The molecule has 0 aliphatic heterocycles. The molecule has 3 aromatic rings. The number of hydrogen-bond donors (Lipinski definition) is 0. The summed E-state index contributed by atoms with van der Waals surface area (Å²) in [5.74, 6) is 0.905. The second-order valence-electron chi connectivity index (χ2n) is 6.41. The van der Waals surface area contributed by atoms with Gasteiger partial charge in [0, 0.05) is 27.9 Å². The first-order valence-corrected chi connectivity index (χ1v) is 7.01. The van der Waals surface area contributed by atoms with Crippen LogP contribution in [0.1, 0.15) is 26.3 Å². The van der Waals surface area contributed by atoms with E-state index in [0.717, 1.165) is 5.75 Å². The molecule has 2 aromatic carbocycles. The van der Waals surface area contributed by atoms with Crippen LogP contribution in [0.25, 0.3) is 21.8 Å². The zero-order chi connectivity index (χ0) is 14.5. The van der Waals surface area contributed by atoms with Gasteiger partial charge in [0.15, 0.2) is 0 Å². The summed E-state index contributed by atoms with van der Waals surface area (Å²) in [5, 5.41) is 2.60. The van der Waals surface area contributed by atoms with Gasteiger partial charge in [-0.05, 0) is 51.5 Å². The molecule has 0 atom stereocenters. The van der Waals surface area contributed by atoms with Crippen molar-refractivity contribution in [3.05, 3.63) is 42.0 Å². The van der Waals surface area contributed by atoms with Crippen LogP contribution in [0.15, 0.2) is 36.4 Å². The van der Waals surface area contributed by atoms with Gasteiger partial charge >= 0.3 is 0 Å². The van der Waals surface area contributed by atoms with Gasteiger partial charge in [-0.1, -0.05) is 12.1 Å². The second-order valence-corrected chi connectivity index (χ2v) is 6.41. The summed E-state index contributed by atoms with van der Waals surface area (Å²) >= 11 is 0. The lowest BCUT2D eigenvalue weighted by molar-refractivity contribution is 0.411. The van der Waals surface area contributed by atoms with E-state index in [4.69, 9.17) is 4.74 Å². The van der Waals surface area contributed by atoms with E-state index in [0.29, 0.717) is 0 Å². The molecule has 0 spiro atoms. The van der Waals surface area contributed by atoms with Crippen LogP contribution in [0, 0.1) is 6.92 Å². The molecule has 0 saturated heterocycles. The zero-order valence-electron chi connectivity index (χ0n) is 12.8. The van der Waals surface area contributed by atoms with Gasteiger partial charge in [-0.3, -0.25) is 0 Å². The van der Waals surface area contributed by atoms with E-state index in [2.05, 4.69) is 62.6 Å².